The van der Waals surface area contributed by atoms with Crippen LogP contribution in [0, 0.1) is 26.1 Å². The molecule has 3 N–H and O–H groups in total. The largest absolute Gasteiger partial charge is 0.480 e. The molecular formula is C19H25N5O8. The lowest BCUT2D eigenvalue weighted by Gasteiger charge is -2.28. The number of carboxylic acid groups (broad SMARTS) is 1. The first-order valence-electron chi connectivity index (χ1n) is 10.0. The number of carbonyl (C=O) groups excluding carboxylic acids is 2. The summed E-state index contributed by atoms with van der Waals surface area (Å²) in [5, 5.41) is 36.1. The molecule has 0 bridgehead atoms. The van der Waals surface area contributed by atoms with Gasteiger partial charge in [0.25, 0.3) is 11.4 Å². The van der Waals surface area contributed by atoms with Crippen LogP contribution in [0.15, 0.2) is 18.2 Å². The fraction of sp³-hybridized carbons (Fsp3) is 0.526. The minimum Gasteiger partial charge on any atom is -0.480 e. The number of rotatable bonds is 10. The van der Waals surface area contributed by atoms with Gasteiger partial charge < -0.3 is 20.6 Å². The van der Waals surface area contributed by atoms with Crippen molar-refractivity contribution in [2.24, 2.45) is 5.92 Å². The molecule has 1 heterocycles. The maximum Gasteiger partial charge on any atom is 0.322 e. The summed E-state index contributed by atoms with van der Waals surface area (Å²) in [6.07, 6.45) is 1.18. The van der Waals surface area contributed by atoms with E-state index in [1.807, 2.05) is 13.8 Å². The van der Waals surface area contributed by atoms with E-state index in [0.717, 1.165) is 12.1 Å². The lowest BCUT2D eigenvalue weighted by Crippen LogP contribution is -2.53. The van der Waals surface area contributed by atoms with Crippen LogP contribution in [-0.4, -0.2) is 57.9 Å². The van der Waals surface area contributed by atoms with Crippen LogP contribution in [-0.2, 0) is 14.4 Å². The summed E-state index contributed by atoms with van der Waals surface area (Å²) in [6, 6.07) is 1.43. The summed E-state index contributed by atoms with van der Waals surface area (Å²) < 4.78 is 0. The lowest BCUT2D eigenvalue weighted by atomic mass is 10.0. The number of anilines is 1. The van der Waals surface area contributed by atoms with Gasteiger partial charge in [-0.2, -0.15) is 0 Å². The topological polar surface area (TPSA) is 185 Å². The number of hydrogen-bond donors (Lipinski definition) is 3. The Balaban J connectivity index is 2.25. The van der Waals surface area contributed by atoms with Gasteiger partial charge in [-0.3, -0.25) is 34.6 Å². The fourth-order valence-corrected chi connectivity index (χ4v) is 3.60. The van der Waals surface area contributed by atoms with Gasteiger partial charge in [0.1, 0.15) is 24.3 Å². The first-order valence-corrected chi connectivity index (χ1v) is 10.0. The molecule has 174 valence electrons. The molecule has 0 aliphatic carbocycles. The van der Waals surface area contributed by atoms with Gasteiger partial charge in [0.15, 0.2) is 0 Å². The number of nitrogens with zero attached hydrogens (tertiary/aromatic N) is 3. The molecule has 1 aliphatic rings. The number of amides is 2. The Bertz CT molecular complexity index is 919. The van der Waals surface area contributed by atoms with E-state index in [4.69, 9.17) is 5.11 Å². The number of non-ortho nitro benzene ring substituents is 1. The van der Waals surface area contributed by atoms with Crippen LogP contribution in [0.4, 0.5) is 17.1 Å². The number of carbonyl (C=O) groups is 3. The zero-order chi connectivity index (χ0) is 24.0. The van der Waals surface area contributed by atoms with Crippen LogP contribution in [0.25, 0.3) is 0 Å². The third-order valence-corrected chi connectivity index (χ3v) is 4.99. The smallest absolute Gasteiger partial charge is 0.322 e. The Kier molecular flexibility index (Phi) is 8.04. The standard InChI is InChI=1S/C19H25N5O8/c1-11(2)8-13(18(27)20-10-17(25)26)21-19(28)15-4-3-7-22(15)14-6-5-12(23(29)30)9-16(14)24(31)32/h5-6,9,11,13,15H,3-4,7-8,10H2,1-2H3,(H,20,27)(H,21,28)(H,25,26)/t13-,15-/m0/s1. The average Bonchev–Trinajstić information content (AvgIpc) is 3.20. The fourth-order valence-electron chi connectivity index (χ4n) is 3.60. The Morgan fingerprint density at radius 1 is 1.22 bits per heavy atom. The van der Waals surface area contributed by atoms with Gasteiger partial charge in [0.05, 0.1) is 15.9 Å². The van der Waals surface area contributed by atoms with E-state index in [0.29, 0.717) is 19.4 Å². The quantitative estimate of drug-likeness (QED) is 0.347. The van der Waals surface area contributed by atoms with E-state index in [9.17, 15) is 34.6 Å². The summed E-state index contributed by atoms with van der Waals surface area (Å²) in [7, 11) is 0. The molecule has 0 spiro atoms. The predicted molar refractivity (Wildman–Crippen MR) is 112 cm³/mol. The van der Waals surface area contributed by atoms with E-state index >= 15 is 0 Å². The van der Waals surface area contributed by atoms with Crippen LogP contribution in [0.2, 0.25) is 0 Å². The molecule has 1 saturated heterocycles. The van der Waals surface area contributed by atoms with Crippen molar-refractivity contribution in [3.63, 3.8) is 0 Å². The monoisotopic (exact) mass is 451 g/mol. The highest BCUT2D eigenvalue weighted by atomic mass is 16.6. The first kappa shape index (κ1) is 24.5. The van der Waals surface area contributed by atoms with Crippen LogP contribution >= 0.6 is 0 Å². The Morgan fingerprint density at radius 2 is 1.91 bits per heavy atom. The maximum atomic E-state index is 13.0. The van der Waals surface area contributed by atoms with Gasteiger partial charge in [-0.05, 0) is 31.2 Å². The van der Waals surface area contributed by atoms with Crippen LogP contribution in [0.3, 0.4) is 0 Å². The third-order valence-electron chi connectivity index (χ3n) is 4.99. The lowest BCUT2D eigenvalue weighted by molar-refractivity contribution is -0.393. The molecule has 1 aromatic carbocycles. The molecule has 13 nitrogen and oxygen atoms in total. The predicted octanol–water partition coefficient (Wildman–Crippen LogP) is 1.20. The van der Waals surface area contributed by atoms with Crippen molar-refractivity contribution in [1.29, 1.82) is 0 Å². The average molecular weight is 451 g/mol. The van der Waals surface area contributed by atoms with Gasteiger partial charge in [0.2, 0.25) is 11.8 Å². The molecule has 0 saturated carbocycles. The summed E-state index contributed by atoms with van der Waals surface area (Å²) in [4.78, 5) is 58.6. The number of carboxylic acids is 1. The highest BCUT2D eigenvalue weighted by Gasteiger charge is 2.37. The van der Waals surface area contributed by atoms with Crippen molar-refractivity contribution in [2.45, 2.75) is 45.2 Å². The number of nitrogens with one attached hydrogen (secondary N) is 2. The second-order valence-corrected chi connectivity index (χ2v) is 7.84. The number of nitro groups is 2. The summed E-state index contributed by atoms with van der Waals surface area (Å²) >= 11 is 0. The third kappa shape index (κ3) is 6.12. The Labute approximate surface area is 183 Å². The van der Waals surface area contributed by atoms with E-state index in [1.165, 1.54) is 11.0 Å². The molecule has 1 fully saturated rings. The second-order valence-electron chi connectivity index (χ2n) is 7.84. The highest BCUT2D eigenvalue weighted by molar-refractivity contribution is 5.93. The molecule has 2 atom stereocenters. The van der Waals surface area contributed by atoms with Crippen LogP contribution in [0.5, 0.6) is 0 Å². The van der Waals surface area contributed by atoms with Gasteiger partial charge in [-0.25, -0.2) is 0 Å². The first-order chi connectivity index (χ1) is 15.0. The molecule has 32 heavy (non-hydrogen) atoms. The Hall–Kier alpha value is -3.77. The molecule has 2 rings (SSSR count). The van der Waals surface area contributed by atoms with Crippen molar-refractivity contribution in [2.75, 3.05) is 18.0 Å². The van der Waals surface area contributed by atoms with Crippen molar-refractivity contribution >= 4 is 34.8 Å². The molecule has 0 aromatic heterocycles. The van der Waals surface area contributed by atoms with Crippen molar-refractivity contribution in [1.82, 2.24) is 10.6 Å². The summed E-state index contributed by atoms with van der Waals surface area (Å²) in [6.45, 7) is 3.40. The Morgan fingerprint density at radius 3 is 2.47 bits per heavy atom. The van der Waals surface area contributed by atoms with Gasteiger partial charge >= 0.3 is 5.97 Å². The van der Waals surface area contributed by atoms with Crippen molar-refractivity contribution in [3.05, 3.63) is 38.4 Å². The molecule has 13 heteroatoms. The van der Waals surface area contributed by atoms with Gasteiger partial charge in [0, 0.05) is 12.6 Å². The van der Waals surface area contributed by atoms with Crippen LogP contribution in [0.1, 0.15) is 33.1 Å². The van der Waals surface area contributed by atoms with E-state index in [2.05, 4.69) is 10.6 Å². The van der Waals surface area contributed by atoms with Gasteiger partial charge in [-0.1, -0.05) is 13.8 Å². The number of hydrogen-bond acceptors (Lipinski definition) is 8. The molecular weight excluding hydrogens is 426 g/mol. The maximum absolute atomic E-state index is 13.0. The second kappa shape index (κ2) is 10.5. The number of nitro benzene ring substituents is 2. The van der Waals surface area contributed by atoms with Gasteiger partial charge in [-0.15, -0.1) is 0 Å². The molecule has 2 amide bonds. The van der Waals surface area contributed by atoms with Crippen LogP contribution < -0.4 is 15.5 Å². The van der Waals surface area contributed by atoms with Crippen molar-refractivity contribution < 1.29 is 29.3 Å². The zero-order valence-corrected chi connectivity index (χ0v) is 17.6. The van der Waals surface area contributed by atoms with E-state index in [-0.39, 0.29) is 18.0 Å². The molecule has 0 radical (unpaired) electrons. The highest BCUT2D eigenvalue weighted by Crippen LogP contribution is 2.36. The number of aliphatic carboxylic acids is 1. The van der Waals surface area contributed by atoms with E-state index in [1.54, 1.807) is 0 Å². The normalized spacial score (nSPS) is 16.5. The zero-order valence-electron chi connectivity index (χ0n) is 17.6. The molecule has 0 unspecified atom stereocenters. The SMILES string of the molecule is CC(C)C[C@H](NC(=O)[C@@H]1CCCN1c1ccc([N+](=O)[O-])cc1[N+](=O)[O-])C(=O)NCC(=O)O. The minimum absolute atomic E-state index is 0.0197. The molecule has 1 aliphatic heterocycles. The number of benzene rings is 1. The van der Waals surface area contributed by atoms with E-state index < -0.39 is 57.6 Å². The van der Waals surface area contributed by atoms with Crippen molar-refractivity contribution in [3.8, 4) is 0 Å². The summed E-state index contributed by atoms with van der Waals surface area (Å²) in [5.74, 6) is -2.38. The summed E-state index contributed by atoms with van der Waals surface area (Å²) in [5.41, 5.74) is -0.849. The molecule has 1 aromatic rings. The minimum atomic E-state index is -1.22.